The van der Waals surface area contributed by atoms with Gasteiger partial charge in [0.15, 0.2) is 0 Å². The Labute approximate surface area is 73.7 Å². The molecule has 0 aromatic heterocycles. The van der Waals surface area contributed by atoms with Gasteiger partial charge in [-0.05, 0) is 30.8 Å². The smallest absolute Gasteiger partial charge is 0.0333 e. The molecule has 62 valence electrons. The van der Waals surface area contributed by atoms with Gasteiger partial charge in [-0.25, -0.2) is 0 Å². The second kappa shape index (κ2) is 7.74. The van der Waals surface area contributed by atoms with Gasteiger partial charge in [0.25, 0.3) is 0 Å². The highest BCUT2D eigenvalue weighted by Crippen LogP contribution is 2.11. The SMILES string of the molecule is CCSCCCC(Cl)CC. The third-order valence-corrected chi connectivity index (χ3v) is 2.97. The number of thioether (sulfide) groups is 1. The molecule has 0 aliphatic rings. The van der Waals surface area contributed by atoms with Crippen LogP contribution in [0.3, 0.4) is 0 Å². The summed E-state index contributed by atoms with van der Waals surface area (Å²) in [5.41, 5.74) is 0. The highest BCUT2D eigenvalue weighted by molar-refractivity contribution is 7.99. The first-order valence-electron chi connectivity index (χ1n) is 4.03. The van der Waals surface area contributed by atoms with E-state index in [1.807, 2.05) is 11.8 Å². The van der Waals surface area contributed by atoms with Crippen molar-refractivity contribution in [1.82, 2.24) is 0 Å². The molecule has 0 saturated carbocycles. The summed E-state index contributed by atoms with van der Waals surface area (Å²) in [6, 6.07) is 0. The minimum Gasteiger partial charge on any atom is -0.162 e. The second-order valence-electron chi connectivity index (χ2n) is 2.34. The summed E-state index contributed by atoms with van der Waals surface area (Å²) in [4.78, 5) is 0. The molecule has 1 unspecified atom stereocenters. The molecule has 2 heteroatoms. The summed E-state index contributed by atoms with van der Waals surface area (Å²) in [6.45, 7) is 4.34. The van der Waals surface area contributed by atoms with E-state index < -0.39 is 0 Å². The lowest BCUT2D eigenvalue weighted by Gasteiger charge is -2.04. The van der Waals surface area contributed by atoms with Crippen molar-refractivity contribution in [3.05, 3.63) is 0 Å². The minimum atomic E-state index is 0.414. The number of halogens is 1. The van der Waals surface area contributed by atoms with Gasteiger partial charge in [0, 0.05) is 5.38 Å². The van der Waals surface area contributed by atoms with Gasteiger partial charge in [-0.15, -0.1) is 11.6 Å². The van der Waals surface area contributed by atoms with Crippen LogP contribution in [0.4, 0.5) is 0 Å². The van der Waals surface area contributed by atoms with Crippen molar-refractivity contribution in [3.8, 4) is 0 Å². The molecule has 0 nitrogen and oxygen atoms in total. The molecular weight excluding hydrogens is 164 g/mol. The molecule has 0 amide bonds. The summed E-state index contributed by atoms with van der Waals surface area (Å²) >= 11 is 7.94. The predicted molar refractivity (Wildman–Crippen MR) is 52.2 cm³/mol. The van der Waals surface area contributed by atoms with Gasteiger partial charge < -0.3 is 0 Å². The number of hydrogen-bond donors (Lipinski definition) is 0. The molecule has 0 aliphatic heterocycles. The largest absolute Gasteiger partial charge is 0.162 e. The standard InChI is InChI=1S/C8H17ClS/c1-3-8(9)6-5-7-10-4-2/h8H,3-7H2,1-2H3. The van der Waals surface area contributed by atoms with Crippen molar-refractivity contribution >= 4 is 23.4 Å². The van der Waals surface area contributed by atoms with Crippen LogP contribution in [0, 0.1) is 0 Å². The Morgan fingerprint density at radius 1 is 1.40 bits per heavy atom. The average molecular weight is 181 g/mol. The van der Waals surface area contributed by atoms with E-state index in [-0.39, 0.29) is 0 Å². The molecule has 0 N–H and O–H groups in total. The number of hydrogen-bond acceptors (Lipinski definition) is 1. The molecule has 0 fully saturated rings. The van der Waals surface area contributed by atoms with Crippen LogP contribution in [0.15, 0.2) is 0 Å². The Hall–Kier alpha value is 0.640. The molecule has 0 radical (unpaired) electrons. The van der Waals surface area contributed by atoms with Gasteiger partial charge in [0.05, 0.1) is 0 Å². The molecule has 0 heterocycles. The van der Waals surface area contributed by atoms with Crippen molar-refractivity contribution in [2.24, 2.45) is 0 Å². The van der Waals surface area contributed by atoms with Crippen LogP contribution < -0.4 is 0 Å². The van der Waals surface area contributed by atoms with E-state index in [0.717, 1.165) is 6.42 Å². The van der Waals surface area contributed by atoms with Gasteiger partial charge >= 0.3 is 0 Å². The third kappa shape index (κ3) is 6.76. The quantitative estimate of drug-likeness (QED) is 0.445. The fraction of sp³-hybridized carbons (Fsp3) is 1.00. The number of rotatable bonds is 6. The first-order chi connectivity index (χ1) is 4.81. The van der Waals surface area contributed by atoms with Crippen LogP contribution in [0.1, 0.15) is 33.1 Å². The van der Waals surface area contributed by atoms with Crippen LogP contribution in [0.2, 0.25) is 0 Å². The summed E-state index contributed by atoms with van der Waals surface area (Å²) in [6.07, 6.45) is 3.57. The van der Waals surface area contributed by atoms with E-state index in [9.17, 15) is 0 Å². The molecular formula is C8H17ClS. The monoisotopic (exact) mass is 180 g/mol. The first kappa shape index (κ1) is 10.6. The maximum atomic E-state index is 5.93. The summed E-state index contributed by atoms with van der Waals surface area (Å²) < 4.78 is 0. The van der Waals surface area contributed by atoms with Gasteiger partial charge in [-0.3, -0.25) is 0 Å². The lowest BCUT2D eigenvalue weighted by atomic mass is 10.2. The maximum Gasteiger partial charge on any atom is 0.0333 e. The molecule has 0 spiro atoms. The van der Waals surface area contributed by atoms with Crippen molar-refractivity contribution in [2.75, 3.05) is 11.5 Å². The summed E-state index contributed by atoms with van der Waals surface area (Å²) in [5, 5.41) is 0.414. The van der Waals surface area contributed by atoms with Gasteiger partial charge in [0.1, 0.15) is 0 Å². The zero-order chi connectivity index (χ0) is 7.82. The highest BCUT2D eigenvalue weighted by Gasteiger charge is 1.99. The lowest BCUT2D eigenvalue weighted by molar-refractivity contribution is 0.716. The Balaban J connectivity index is 2.89. The van der Waals surface area contributed by atoms with E-state index in [2.05, 4.69) is 13.8 Å². The molecule has 10 heavy (non-hydrogen) atoms. The molecule has 1 atom stereocenters. The van der Waals surface area contributed by atoms with E-state index in [1.165, 1.54) is 24.3 Å². The third-order valence-electron chi connectivity index (χ3n) is 1.45. The van der Waals surface area contributed by atoms with Gasteiger partial charge in [0.2, 0.25) is 0 Å². The summed E-state index contributed by atoms with van der Waals surface area (Å²) in [7, 11) is 0. The van der Waals surface area contributed by atoms with Crippen LogP contribution in [0.5, 0.6) is 0 Å². The molecule has 0 bridgehead atoms. The van der Waals surface area contributed by atoms with Gasteiger partial charge in [-0.1, -0.05) is 13.8 Å². The minimum absolute atomic E-state index is 0.414. The zero-order valence-electron chi connectivity index (χ0n) is 6.90. The van der Waals surface area contributed by atoms with Crippen LogP contribution >= 0.6 is 23.4 Å². The molecule has 0 aromatic carbocycles. The Kier molecular flexibility index (Phi) is 8.24. The van der Waals surface area contributed by atoms with Crippen molar-refractivity contribution in [3.63, 3.8) is 0 Å². The molecule has 0 saturated heterocycles. The lowest BCUT2D eigenvalue weighted by Crippen LogP contribution is -1.96. The van der Waals surface area contributed by atoms with Gasteiger partial charge in [-0.2, -0.15) is 11.8 Å². The normalized spacial score (nSPS) is 13.5. The zero-order valence-corrected chi connectivity index (χ0v) is 8.47. The topological polar surface area (TPSA) is 0 Å². The molecule has 0 aromatic rings. The van der Waals surface area contributed by atoms with E-state index in [1.54, 1.807) is 0 Å². The highest BCUT2D eigenvalue weighted by atomic mass is 35.5. The van der Waals surface area contributed by atoms with Crippen molar-refractivity contribution in [1.29, 1.82) is 0 Å². The summed E-state index contributed by atoms with van der Waals surface area (Å²) in [5.74, 6) is 2.51. The van der Waals surface area contributed by atoms with Crippen LogP contribution in [0.25, 0.3) is 0 Å². The predicted octanol–water partition coefficient (Wildman–Crippen LogP) is 3.54. The Morgan fingerprint density at radius 3 is 2.60 bits per heavy atom. The van der Waals surface area contributed by atoms with Crippen molar-refractivity contribution < 1.29 is 0 Å². The van der Waals surface area contributed by atoms with Crippen molar-refractivity contribution in [2.45, 2.75) is 38.5 Å². The molecule has 0 rings (SSSR count). The number of alkyl halides is 1. The Morgan fingerprint density at radius 2 is 2.10 bits per heavy atom. The Bertz CT molecular complexity index is 66.3. The van der Waals surface area contributed by atoms with E-state index >= 15 is 0 Å². The fourth-order valence-electron chi connectivity index (χ4n) is 0.755. The van der Waals surface area contributed by atoms with Crippen LogP contribution in [-0.4, -0.2) is 16.9 Å². The van der Waals surface area contributed by atoms with Crippen LogP contribution in [-0.2, 0) is 0 Å². The van der Waals surface area contributed by atoms with E-state index in [4.69, 9.17) is 11.6 Å². The first-order valence-corrected chi connectivity index (χ1v) is 5.62. The second-order valence-corrected chi connectivity index (χ2v) is 4.36. The average Bonchev–Trinajstić information content (AvgIpc) is 1.98. The maximum absolute atomic E-state index is 5.93. The van der Waals surface area contributed by atoms with E-state index in [0.29, 0.717) is 5.38 Å². The fourth-order valence-corrected chi connectivity index (χ4v) is 1.57. The molecule has 0 aliphatic carbocycles.